The summed E-state index contributed by atoms with van der Waals surface area (Å²) in [5.74, 6) is 0.0192. The Morgan fingerprint density at radius 2 is 1.87 bits per heavy atom. The first-order valence-electron chi connectivity index (χ1n) is 9.22. The minimum atomic E-state index is -0.617. The van der Waals surface area contributed by atoms with E-state index in [1.165, 1.54) is 26.4 Å². The van der Waals surface area contributed by atoms with E-state index in [0.717, 1.165) is 10.9 Å². The molecule has 0 saturated carbocycles. The highest BCUT2D eigenvalue weighted by Gasteiger charge is 2.15. The Morgan fingerprint density at radius 3 is 2.53 bits per heavy atom. The summed E-state index contributed by atoms with van der Waals surface area (Å²) in [6.45, 7) is 1.82. The third kappa shape index (κ3) is 4.27. The van der Waals surface area contributed by atoms with Crippen molar-refractivity contribution in [3.8, 4) is 11.5 Å². The fourth-order valence-electron chi connectivity index (χ4n) is 3.20. The number of anilines is 1. The van der Waals surface area contributed by atoms with Crippen LogP contribution in [0, 0.1) is 6.92 Å². The molecule has 30 heavy (non-hydrogen) atoms. The molecule has 0 radical (unpaired) electrons. The van der Waals surface area contributed by atoms with Crippen LogP contribution in [0.5, 0.6) is 11.5 Å². The number of carbonyl (C=O) groups is 2. The molecular formula is C22H22N2O6. The molecule has 3 aromatic rings. The number of hydrogen-bond acceptors (Lipinski definition) is 6. The van der Waals surface area contributed by atoms with Gasteiger partial charge in [-0.25, -0.2) is 4.79 Å². The van der Waals surface area contributed by atoms with Crippen LogP contribution in [0.15, 0.2) is 45.6 Å². The molecule has 0 saturated heterocycles. The van der Waals surface area contributed by atoms with Crippen LogP contribution in [0.1, 0.15) is 27.9 Å². The molecule has 0 atom stereocenters. The number of benzene rings is 2. The van der Waals surface area contributed by atoms with Crippen LogP contribution < -0.4 is 26.1 Å². The summed E-state index contributed by atoms with van der Waals surface area (Å²) in [6.07, 6.45) is 0.233. The number of fused-ring (bicyclic) bond motifs is 1. The highest BCUT2D eigenvalue weighted by atomic mass is 16.5. The van der Waals surface area contributed by atoms with Crippen molar-refractivity contribution in [2.45, 2.75) is 19.8 Å². The quantitative estimate of drug-likeness (QED) is 0.578. The second-order valence-corrected chi connectivity index (χ2v) is 6.68. The molecule has 8 nitrogen and oxygen atoms in total. The molecule has 2 aromatic carbocycles. The van der Waals surface area contributed by atoms with Crippen LogP contribution >= 0.6 is 0 Å². The van der Waals surface area contributed by atoms with Gasteiger partial charge in [-0.3, -0.25) is 9.59 Å². The smallest absolute Gasteiger partial charge is 0.339 e. The topological polar surface area (TPSA) is 121 Å². The number of methoxy groups -OCH3 is 2. The number of aryl methyl sites for hydroxylation is 1. The molecule has 0 aliphatic carbocycles. The molecule has 0 unspecified atom stereocenters. The van der Waals surface area contributed by atoms with Crippen molar-refractivity contribution in [1.82, 2.24) is 0 Å². The van der Waals surface area contributed by atoms with Crippen molar-refractivity contribution in [3.05, 3.63) is 63.5 Å². The number of carbonyl (C=O) groups excluding carboxylic acids is 2. The predicted molar refractivity (Wildman–Crippen MR) is 112 cm³/mol. The maximum atomic E-state index is 12.5. The molecule has 0 fully saturated rings. The van der Waals surface area contributed by atoms with E-state index < -0.39 is 11.5 Å². The summed E-state index contributed by atoms with van der Waals surface area (Å²) < 4.78 is 15.8. The van der Waals surface area contributed by atoms with Gasteiger partial charge in [0.2, 0.25) is 11.8 Å². The van der Waals surface area contributed by atoms with Crippen molar-refractivity contribution >= 4 is 28.5 Å². The standard InChI is InChI=1S/C22H22N2O6/c1-12-15-6-5-14(28-2)11-19(15)30-22(27)16(12)7-9-20(25)24-17-10-13(21(23)26)4-8-18(17)29-3/h4-6,8,10-11H,7,9H2,1-3H3,(H2,23,26)(H,24,25). The molecular weight excluding hydrogens is 388 g/mol. The molecule has 3 rings (SSSR count). The van der Waals surface area contributed by atoms with Gasteiger partial charge in [0.25, 0.3) is 0 Å². The van der Waals surface area contributed by atoms with Crippen LogP contribution in [0.25, 0.3) is 11.0 Å². The van der Waals surface area contributed by atoms with Crippen molar-refractivity contribution in [2.75, 3.05) is 19.5 Å². The fourth-order valence-corrected chi connectivity index (χ4v) is 3.20. The van der Waals surface area contributed by atoms with Gasteiger partial charge in [-0.2, -0.15) is 0 Å². The van der Waals surface area contributed by atoms with Gasteiger partial charge in [-0.15, -0.1) is 0 Å². The average Bonchev–Trinajstić information content (AvgIpc) is 2.72. The van der Waals surface area contributed by atoms with Gasteiger partial charge in [0.15, 0.2) is 0 Å². The predicted octanol–water partition coefficient (Wildman–Crippen LogP) is 2.79. The molecule has 156 valence electrons. The second-order valence-electron chi connectivity index (χ2n) is 6.68. The first kappa shape index (κ1) is 20.9. The number of nitrogens with one attached hydrogen (secondary N) is 1. The van der Waals surface area contributed by atoms with E-state index in [-0.39, 0.29) is 24.3 Å². The molecule has 3 N–H and O–H groups in total. The SMILES string of the molecule is COc1ccc2c(C)c(CCC(=O)Nc3cc(C(N)=O)ccc3OC)c(=O)oc2c1. The zero-order valence-corrected chi connectivity index (χ0v) is 16.9. The maximum absolute atomic E-state index is 12.5. The normalized spacial score (nSPS) is 10.6. The molecule has 0 spiro atoms. The summed E-state index contributed by atoms with van der Waals surface area (Å²) in [5, 5.41) is 3.48. The third-order valence-corrected chi connectivity index (χ3v) is 4.85. The lowest BCUT2D eigenvalue weighted by Gasteiger charge is -2.12. The lowest BCUT2D eigenvalue weighted by Crippen LogP contribution is -2.18. The maximum Gasteiger partial charge on any atom is 0.339 e. The largest absolute Gasteiger partial charge is 0.497 e. The zero-order valence-electron chi connectivity index (χ0n) is 16.9. The Labute approximate surface area is 172 Å². The van der Waals surface area contributed by atoms with Gasteiger partial charge < -0.3 is 24.9 Å². The van der Waals surface area contributed by atoms with Crippen LogP contribution in [-0.4, -0.2) is 26.0 Å². The van der Waals surface area contributed by atoms with E-state index in [0.29, 0.717) is 28.3 Å². The van der Waals surface area contributed by atoms with Crippen molar-refractivity contribution in [1.29, 1.82) is 0 Å². The van der Waals surface area contributed by atoms with Gasteiger partial charge in [0, 0.05) is 29.0 Å². The van der Waals surface area contributed by atoms with Gasteiger partial charge in [-0.05, 0) is 49.2 Å². The minimum absolute atomic E-state index is 0.0389. The van der Waals surface area contributed by atoms with E-state index >= 15 is 0 Å². The van der Waals surface area contributed by atoms with E-state index in [9.17, 15) is 14.4 Å². The molecule has 0 aliphatic heterocycles. The van der Waals surface area contributed by atoms with Gasteiger partial charge in [0.1, 0.15) is 17.1 Å². The molecule has 8 heteroatoms. The minimum Gasteiger partial charge on any atom is -0.497 e. The number of rotatable bonds is 7. The van der Waals surface area contributed by atoms with Crippen molar-refractivity contribution in [2.24, 2.45) is 5.73 Å². The third-order valence-electron chi connectivity index (χ3n) is 4.85. The fraction of sp³-hybridized carbons (Fsp3) is 0.227. The Kier molecular flexibility index (Phi) is 6.06. The Morgan fingerprint density at radius 1 is 1.10 bits per heavy atom. The highest BCUT2D eigenvalue weighted by molar-refractivity contribution is 5.97. The second kappa shape index (κ2) is 8.69. The summed E-state index contributed by atoms with van der Waals surface area (Å²) in [5.41, 5.74) is 6.98. The Hall–Kier alpha value is -3.81. The zero-order chi connectivity index (χ0) is 21.8. The summed E-state index contributed by atoms with van der Waals surface area (Å²) in [4.78, 5) is 36.3. The number of ether oxygens (including phenoxy) is 2. The highest BCUT2D eigenvalue weighted by Crippen LogP contribution is 2.27. The molecule has 0 bridgehead atoms. The van der Waals surface area contributed by atoms with Crippen molar-refractivity contribution in [3.63, 3.8) is 0 Å². The first-order chi connectivity index (χ1) is 14.3. The number of primary amides is 1. The van der Waals surface area contributed by atoms with E-state index in [2.05, 4.69) is 5.32 Å². The van der Waals surface area contributed by atoms with Crippen LogP contribution in [-0.2, 0) is 11.2 Å². The lowest BCUT2D eigenvalue weighted by molar-refractivity contribution is -0.116. The summed E-state index contributed by atoms with van der Waals surface area (Å²) in [6, 6.07) is 9.75. The van der Waals surface area contributed by atoms with Crippen LogP contribution in [0.4, 0.5) is 5.69 Å². The Balaban J connectivity index is 1.80. The summed E-state index contributed by atoms with van der Waals surface area (Å²) >= 11 is 0. The molecule has 2 amide bonds. The lowest BCUT2D eigenvalue weighted by atomic mass is 10.0. The van der Waals surface area contributed by atoms with E-state index in [4.69, 9.17) is 19.6 Å². The van der Waals surface area contributed by atoms with Crippen LogP contribution in [0.2, 0.25) is 0 Å². The molecule has 1 heterocycles. The number of hydrogen-bond donors (Lipinski definition) is 2. The Bertz CT molecular complexity index is 1180. The average molecular weight is 410 g/mol. The number of nitrogens with two attached hydrogens (primary N) is 1. The monoisotopic (exact) mass is 410 g/mol. The first-order valence-corrected chi connectivity index (χ1v) is 9.22. The van der Waals surface area contributed by atoms with Gasteiger partial charge in [-0.1, -0.05) is 0 Å². The number of amides is 2. The van der Waals surface area contributed by atoms with Crippen LogP contribution in [0.3, 0.4) is 0 Å². The molecule has 1 aromatic heterocycles. The van der Waals surface area contributed by atoms with Gasteiger partial charge in [0.05, 0.1) is 19.9 Å². The van der Waals surface area contributed by atoms with E-state index in [1.807, 2.05) is 13.0 Å². The van der Waals surface area contributed by atoms with Crippen molar-refractivity contribution < 1.29 is 23.5 Å². The summed E-state index contributed by atoms with van der Waals surface area (Å²) in [7, 11) is 2.99. The molecule has 0 aliphatic rings. The van der Waals surface area contributed by atoms with Gasteiger partial charge >= 0.3 is 5.63 Å². The van der Waals surface area contributed by atoms with E-state index in [1.54, 1.807) is 18.2 Å².